The Morgan fingerprint density at radius 2 is 1.36 bits per heavy atom. The SMILES string of the molecule is Cc1ccccc1N1CCN(C(=O)c2ccccc2N2CCC(NC(=O)C3CC3)CC2)CC1. The molecule has 2 heterocycles. The van der Waals surface area contributed by atoms with Gasteiger partial charge in [-0.2, -0.15) is 0 Å². The zero-order chi connectivity index (χ0) is 22.8. The van der Waals surface area contributed by atoms with Crippen LogP contribution in [0.1, 0.15) is 41.6 Å². The molecule has 0 radical (unpaired) electrons. The van der Waals surface area contributed by atoms with Gasteiger partial charge in [-0.3, -0.25) is 9.59 Å². The van der Waals surface area contributed by atoms with Gasteiger partial charge in [0, 0.05) is 62.6 Å². The highest BCUT2D eigenvalue weighted by molar-refractivity contribution is 6.00. The summed E-state index contributed by atoms with van der Waals surface area (Å²) >= 11 is 0. The first kappa shape index (κ1) is 21.8. The molecule has 2 aliphatic heterocycles. The molecule has 2 aromatic rings. The Morgan fingerprint density at radius 1 is 0.758 bits per heavy atom. The monoisotopic (exact) mass is 446 g/mol. The van der Waals surface area contributed by atoms with Crippen LogP contribution in [-0.2, 0) is 4.79 Å². The third-order valence-corrected chi connectivity index (χ3v) is 7.29. The van der Waals surface area contributed by atoms with Crippen LogP contribution in [0.4, 0.5) is 11.4 Å². The zero-order valence-corrected chi connectivity index (χ0v) is 19.5. The van der Waals surface area contributed by atoms with E-state index in [9.17, 15) is 9.59 Å². The Hall–Kier alpha value is -3.02. The molecule has 0 bridgehead atoms. The summed E-state index contributed by atoms with van der Waals surface area (Å²) in [4.78, 5) is 32.3. The van der Waals surface area contributed by atoms with E-state index in [0.29, 0.717) is 0 Å². The van der Waals surface area contributed by atoms with Crippen LogP contribution < -0.4 is 15.1 Å². The van der Waals surface area contributed by atoms with Crippen molar-refractivity contribution in [2.24, 2.45) is 5.92 Å². The van der Waals surface area contributed by atoms with Gasteiger partial charge in [-0.25, -0.2) is 0 Å². The Morgan fingerprint density at radius 3 is 2.03 bits per heavy atom. The van der Waals surface area contributed by atoms with Gasteiger partial charge in [0.2, 0.25) is 5.91 Å². The minimum Gasteiger partial charge on any atom is -0.371 e. The number of anilines is 2. The van der Waals surface area contributed by atoms with Crippen molar-refractivity contribution in [3.8, 4) is 0 Å². The van der Waals surface area contributed by atoms with Crippen molar-refractivity contribution in [1.82, 2.24) is 10.2 Å². The molecule has 33 heavy (non-hydrogen) atoms. The van der Waals surface area contributed by atoms with E-state index in [2.05, 4.69) is 52.4 Å². The molecule has 0 atom stereocenters. The number of aryl methyl sites for hydroxylation is 1. The first-order chi connectivity index (χ1) is 16.1. The third kappa shape index (κ3) is 4.85. The normalized spacial score (nSPS) is 19.5. The van der Waals surface area contributed by atoms with Crippen LogP contribution in [0.5, 0.6) is 0 Å². The lowest BCUT2D eigenvalue weighted by molar-refractivity contribution is -0.123. The van der Waals surface area contributed by atoms with Crippen molar-refractivity contribution in [2.45, 2.75) is 38.6 Å². The van der Waals surface area contributed by atoms with Gasteiger partial charge in [0.05, 0.1) is 5.56 Å². The van der Waals surface area contributed by atoms with Gasteiger partial charge in [0.1, 0.15) is 0 Å². The van der Waals surface area contributed by atoms with E-state index in [4.69, 9.17) is 0 Å². The smallest absolute Gasteiger partial charge is 0.256 e. The molecule has 2 aromatic carbocycles. The lowest BCUT2D eigenvalue weighted by atomic mass is 10.0. The van der Waals surface area contributed by atoms with Crippen LogP contribution in [0.2, 0.25) is 0 Å². The number of piperidine rings is 1. The molecule has 2 amide bonds. The molecule has 0 aromatic heterocycles. The Kier molecular flexibility index (Phi) is 6.25. The van der Waals surface area contributed by atoms with E-state index in [0.717, 1.165) is 76.2 Å². The van der Waals surface area contributed by atoms with Crippen LogP contribution in [0.3, 0.4) is 0 Å². The lowest BCUT2D eigenvalue weighted by Crippen LogP contribution is -2.49. The topological polar surface area (TPSA) is 55.9 Å². The molecule has 3 aliphatic rings. The summed E-state index contributed by atoms with van der Waals surface area (Å²) < 4.78 is 0. The first-order valence-electron chi connectivity index (χ1n) is 12.3. The second-order valence-electron chi connectivity index (χ2n) is 9.63. The quantitative estimate of drug-likeness (QED) is 0.764. The van der Waals surface area contributed by atoms with Gasteiger partial charge in [0.15, 0.2) is 0 Å². The van der Waals surface area contributed by atoms with Crippen molar-refractivity contribution in [1.29, 1.82) is 0 Å². The van der Waals surface area contributed by atoms with E-state index >= 15 is 0 Å². The number of piperazine rings is 1. The molecule has 0 unspecified atom stereocenters. The molecule has 6 nitrogen and oxygen atoms in total. The molecule has 0 spiro atoms. The number of nitrogens with zero attached hydrogens (tertiary/aromatic N) is 3. The summed E-state index contributed by atoms with van der Waals surface area (Å²) in [6.45, 7) is 7.04. The molecule has 6 heteroatoms. The largest absolute Gasteiger partial charge is 0.371 e. The molecule has 3 fully saturated rings. The molecular formula is C27H34N4O2. The Bertz CT molecular complexity index is 1000. The molecule has 2 saturated heterocycles. The van der Waals surface area contributed by atoms with Crippen molar-refractivity contribution >= 4 is 23.2 Å². The standard InChI is InChI=1S/C27H34N4O2/c1-20-6-2-4-8-24(20)30-16-18-31(19-17-30)27(33)23-7-3-5-9-25(23)29-14-12-22(13-15-29)28-26(32)21-10-11-21/h2-9,21-22H,10-19H2,1H3,(H,28,32). The number of carbonyl (C=O) groups is 2. The number of nitrogens with one attached hydrogen (secondary N) is 1. The highest BCUT2D eigenvalue weighted by Crippen LogP contribution is 2.30. The first-order valence-corrected chi connectivity index (χ1v) is 12.3. The van der Waals surface area contributed by atoms with Gasteiger partial charge in [-0.15, -0.1) is 0 Å². The molecule has 5 rings (SSSR count). The molecule has 174 valence electrons. The minimum absolute atomic E-state index is 0.124. The minimum atomic E-state index is 0.124. The van der Waals surface area contributed by atoms with E-state index in [1.54, 1.807) is 0 Å². The maximum absolute atomic E-state index is 13.5. The lowest BCUT2D eigenvalue weighted by Gasteiger charge is -2.38. The Balaban J connectivity index is 1.21. The molecule has 1 N–H and O–H groups in total. The zero-order valence-electron chi connectivity index (χ0n) is 19.5. The van der Waals surface area contributed by atoms with Crippen molar-refractivity contribution in [2.75, 3.05) is 49.1 Å². The summed E-state index contributed by atoms with van der Waals surface area (Å²) in [5.41, 5.74) is 4.36. The van der Waals surface area contributed by atoms with E-state index in [-0.39, 0.29) is 23.8 Å². The maximum atomic E-state index is 13.5. The van der Waals surface area contributed by atoms with Crippen LogP contribution in [-0.4, -0.2) is 62.0 Å². The number of hydrogen-bond donors (Lipinski definition) is 1. The number of para-hydroxylation sites is 2. The fourth-order valence-electron chi connectivity index (χ4n) is 5.10. The van der Waals surface area contributed by atoms with Crippen LogP contribution >= 0.6 is 0 Å². The maximum Gasteiger partial charge on any atom is 0.256 e. The van der Waals surface area contributed by atoms with Crippen LogP contribution in [0, 0.1) is 12.8 Å². The van der Waals surface area contributed by atoms with Gasteiger partial charge in [-0.05, 0) is 56.4 Å². The second-order valence-corrected chi connectivity index (χ2v) is 9.63. The average Bonchev–Trinajstić information content (AvgIpc) is 3.70. The van der Waals surface area contributed by atoms with E-state index in [1.165, 1.54) is 11.3 Å². The number of benzene rings is 2. The van der Waals surface area contributed by atoms with E-state index < -0.39 is 0 Å². The summed E-state index contributed by atoms with van der Waals surface area (Å²) in [5.74, 6) is 0.612. The van der Waals surface area contributed by atoms with Crippen LogP contribution in [0.25, 0.3) is 0 Å². The fraction of sp³-hybridized carbons (Fsp3) is 0.481. The van der Waals surface area contributed by atoms with Crippen LogP contribution in [0.15, 0.2) is 48.5 Å². The highest BCUT2D eigenvalue weighted by atomic mass is 16.2. The highest BCUT2D eigenvalue weighted by Gasteiger charge is 2.32. The van der Waals surface area contributed by atoms with Crippen molar-refractivity contribution < 1.29 is 9.59 Å². The van der Waals surface area contributed by atoms with Crippen molar-refractivity contribution in [3.63, 3.8) is 0 Å². The predicted molar refractivity (Wildman–Crippen MR) is 132 cm³/mol. The molecule has 1 aliphatic carbocycles. The predicted octanol–water partition coefficient (Wildman–Crippen LogP) is 3.45. The third-order valence-electron chi connectivity index (χ3n) is 7.29. The number of amides is 2. The Labute approximate surface area is 196 Å². The summed E-state index contributed by atoms with van der Waals surface area (Å²) in [6, 6.07) is 16.7. The number of hydrogen-bond acceptors (Lipinski definition) is 4. The molecule has 1 saturated carbocycles. The molecular weight excluding hydrogens is 412 g/mol. The summed E-state index contributed by atoms with van der Waals surface area (Å²) in [6.07, 6.45) is 3.94. The summed E-state index contributed by atoms with van der Waals surface area (Å²) in [7, 11) is 0. The number of rotatable bonds is 5. The average molecular weight is 447 g/mol. The summed E-state index contributed by atoms with van der Waals surface area (Å²) in [5, 5.41) is 3.22. The fourth-order valence-corrected chi connectivity index (χ4v) is 5.10. The van der Waals surface area contributed by atoms with Gasteiger partial charge in [0.25, 0.3) is 5.91 Å². The van der Waals surface area contributed by atoms with Crippen molar-refractivity contribution in [3.05, 3.63) is 59.7 Å². The van der Waals surface area contributed by atoms with Gasteiger partial charge >= 0.3 is 0 Å². The second kappa shape index (κ2) is 9.46. The van der Waals surface area contributed by atoms with E-state index in [1.807, 2.05) is 23.1 Å². The van der Waals surface area contributed by atoms with Gasteiger partial charge < -0.3 is 20.0 Å². The number of carbonyl (C=O) groups excluding carboxylic acids is 2. The van der Waals surface area contributed by atoms with Gasteiger partial charge in [-0.1, -0.05) is 30.3 Å².